The molecule has 0 aromatic carbocycles. The van der Waals surface area contributed by atoms with Crippen molar-refractivity contribution in [3.63, 3.8) is 0 Å². The summed E-state index contributed by atoms with van der Waals surface area (Å²) < 4.78 is 27.4. The van der Waals surface area contributed by atoms with Gasteiger partial charge in [0, 0.05) is 6.04 Å². The fourth-order valence-corrected chi connectivity index (χ4v) is 5.20. The van der Waals surface area contributed by atoms with E-state index in [0.717, 1.165) is 38.8 Å². The first-order valence-electron chi connectivity index (χ1n) is 7.80. The second-order valence-electron chi connectivity index (χ2n) is 6.23. The molecule has 5 heteroatoms. The van der Waals surface area contributed by atoms with Gasteiger partial charge in [0.25, 0.3) is 0 Å². The number of hydrogen-bond donors (Lipinski definition) is 2. The van der Waals surface area contributed by atoms with Gasteiger partial charge in [-0.05, 0) is 50.6 Å². The van der Waals surface area contributed by atoms with E-state index in [1.54, 1.807) is 0 Å². The van der Waals surface area contributed by atoms with E-state index in [-0.39, 0.29) is 6.04 Å². The van der Waals surface area contributed by atoms with Crippen molar-refractivity contribution in [3.05, 3.63) is 0 Å². The average Bonchev–Trinajstić information content (AvgIpc) is 2.39. The van der Waals surface area contributed by atoms with Crippen molar-refractivity contribution in [2.45, 2.75) is 57.9 Å². The highest BCUT2D eigenvalue weighted by Gasteiger charge is 2.27. The van der Waals surface area contributed by atoms with Crippen LogP contribution in [0.1, 0.15) is 51.9 Å². The summed E-state index contributed by atoms with van der Waals surface area (Å²) >= 11 is 0. The summed E-state index contributed by atoms with van der Waals surface area (Å²) in [6.45, 7) is 4.12. The third kappa shape index (κ3) is 5.04. The lowest BCUT2D eigenvalue weighted by Crippen LogP contribution is -2.42. The van der Waals surface area contributed by atoms with Crippen LogP contribution < -0.4 is 10.0 Å². The standard InChI is InChI=1S/C14H28N2O2S/c1-2-12-4-3-5-14(10-12)16-19(17,18)11-13-6-8-15-9-7-13/h12-16H,2-11H2,1H3. The van der Waals surface area contributed by atoms with Gasteiger partial charge in [-0.2, -0.15) is 0 Å². The zero-order valence-corrected chi connectivity index (χ0v) is 12.8. The predicted octanol–water partition coefficient (Wildman–Crippen LogP) is 1.87. The molecule has 1 heterocycles. The monoisotopic (exact) mass is 288 g/mol. The molecule has 1 saturated heterocycles. The minimum absolute atomic E-state index is 0.186. The van der Waals surface area contributed by atoms with Crippen LogP contribution in [0.3, 0.4) is 0 Å². The van der Waals surface area contributed by atoms with Crippen molar-refractivity contribution in [3.8, 4) is 0 Å². The SMILES string of the molecule is CCC1CCCC(NS(=O)(=O)CC2CCNCC2)C1. The van der Waals surface area contributed by atoms with Crippen molar-refractivity contribution in [1.82, 2.24) is 10.0 Å². The molecule has 19 heavy (non-hydrogen) atoms. The van der Waals surface area contributed by atoms with E-state index < -0.39 is 10.0 Å². The molecule has 2 rings (SSSR count). The first-order chi connectivity index (χ1) is 9.09. The Labute approximate surface area is 117 Å². The number of rotatable bonds is 5. The van der Waals surface area contributed by atoms with Gasteiger partial charge in [-0.3, -0.25) is 0 Å². The molecule has 0 bridgehead atoms. The summed E-state index contributed by atoms with van der Waals surface area (Å²) in [6.07, 6.45) is 7.63. The molecule has 2 atom stereocenters. The Balaban J connectivity index is 1.82. The Hall–Kier alpha value is -0.130. The summed E-state index contributed by atoms with van der Waals surface area (Å²) in [5.74, 6) is 1.37. The fourth-order valence-electron chi connectivity index (χ4n) is 3.43. The molecular formula is C14H28N2O2S. The molecule has 112 valence electrons. The van der Waals surface area contributed by atoms with Gasteiger partial charge in [-0.25, -0.2) is 13.1 Å². The van der Waals surface area contributed by atoms with E-state index in [1.165, 1.54) is 19.3 Å². The minimum atomic E-state index is -3.09. The van der Waals surface area contributed by atoms with Gasteiger partial charge < -0.3 is 5.32 Å². The molecule has 2 unspecified atom stereocenters. The van der Waals surface area contributed by atoms with Gasteiger partial charge in [-0.1, -0.05) is 26.2 Å². The lowest BCUT2D eigenvalue weighted by Gasteiger charge is -2.30. The number of piperidine rings is 1. The summed E-state index contributed by atoms with van der Waals surface area (Å²) in [4.78, 5) is 0. The zero-order chi connectivity index (χ0) is 13.7. The summed E-state index contributed by atoms with van der Waals surface area (Å²) in [5.41, 5.74) is 0. The van der Waals surface area contributed by atoms with Gasteiger partial charge in [0.2, 0.25) is 10.0 Å². The number of sulfonamides is 1. The van der Waals surface area contributed by atoms with Gasteiger partial charge in [0.05, 0.1) is 5.75 Å². The lowest BCUT2D eigenvalue weighted by atomic mass is 9.85. The summed E-state index contributed by atoms with van der Waals surface area (Å²) in [6, 6.07) is 0.186. The van der Waals surface area contributed by atoms with Crippen molar-refractivity contribution < 1.29 is 8.42 Å². The molecule has 0 amide bonds. The van der Waals surface area contributed by atoms with E-state index in [4.69, 9.17) is 0 Å². The third-order valence-corrected chi connectivity index (χ3v) is 6.22. The van der Waals surface area contributed by atoms with Crippen molar-refractivity contribution in [2.24, 2.45) is 11.8 Å². The Morgan fingerprint density at radius 1 is 1.11 bits per heavy atom. The maximum absolute atomic E-state index is 12.2. The van der Waals surface area contributed by atoms with Gasteiger partial charge in [-0.15, -0.1) is 0 Å². The van der Waals surface area contributed by atoms with E-state index in [2.05, 4.69) is 17.0 Å². The molecule has 1 saturated carbocycles. The Morgan fingerprint density at radius 3 is 2.53 bits per heavy atom. The van der Waals surface area contributed by atoms with Crippen LogP contribution >= 0.6 is 0 Å². The summed E-state index contributed by atoms with van der Waals surface area (Å²) in [5, 5.41) is 3.28. The number of hydrogen-bond acceptors (Lipinski definition) is 3. The maximum atomic E-state index is 12.2. The van der Waals surface area contributed by atoms with E-state index >= 15 is 0 Å². The van der Waals surface area contributed by atoms with Crippen LogP contribution in [-0.2, 0) is 10.0 Å². The molecule has 2 N–H and O–H groups in total. The van der Waals surface area contributed by atoms with Gasteiger partial charge >= 0.3 is 0 Å². The molecule has 0 radical (unpaired) electrons. The van der Waals surface area contributed by atoms with Crippen LogP contribution in [0.5, 0.6) is 0 Å². The molecule has 1 aliphatic carbocycles. The van der Waals surface area contributed by atoms with E-state index in [1.807, 2.05) is 0 Å². The van der Waals surface area contributed by atoms with Gasteiger partial charge in [0.15, 0.2) is 0 Å². The van der Waals surface area contributed by atoms with Crippen LogP contribution in [0.25, 0.3) is 0 Å². The predicted molar refractivity (Wildman–Crippen MR) is 78.6 cm³/mol. The molecule has 4 nitrogen and oxygen atoms in total. The normalized spacial score (nSPS) is 30.4. The van der Waals surface area contributed by atoms with Crippen LogP contribution in [0, 0.1) is 11.8 Å². The van der Waals surface area contributed by atoms with Crippen LogP contribution in [0.15, 0.2) is 0 Å². The van der Waals surface area contributed by atoms with Crippen molar-refractivity contribution >= 4 is 10.0 Å². The first-order valence-corrected chi connectivity index (χ1v) is 9.45. The highest BCUT2D eigenvalue weighted by Crippen LogP contribution is 2.27. The maximum Gasteiger partial charge on any atom is 0.212 e. The van der Waals surface area contributed by atoms with Gasteiger partial charge in [0.1, 0.15) is 0 Å². The fraction of sp³-hybridized carbons (Fsp3) is 1.00. The lowest BCUT2D eigenvalue weighted by molar-refractivity contribution is 0.300. The Morgan fingerprint density at radius 2 is 1.84 bits per heavy atom. The van der Waals surface area contributed by atoms with E-state index in [0.29, 0.717) is 17.6 Å². The van der Waals surface area contributed by atoms with Crippen LogP contribution in [0.4, 0.5) is 0 Å². The Bertz CT molecular complexity index is 364. The third-order valence-electron chi connectivity index (χ3n) is 4.62. The van der Waals surface area contributed by atoms with E-state index in [9.17, 15) is 8.42 Å². The zero-order valence-electron chi connectivity index (χ0n) is 12.0. The largest absolute Gasteiger partial charge is 0.317 e. The average molecular weight is 288 g/mol. The molecule has 2 fully saturated rings. The van der Waals surface area contributed by atoms with Crippen LogP contribution in [0.2, 0.25) is 0 Å². The second kappa shape index (κ2) is 7.04. The van der Waals surface area contributed by atoms with Crippen LogP contribution in [-0.4, -0.2) is 33.3 Å². The van der Waals surface area contributed by atoms with Crippen molar-refractivity contribution in [1.29, 1.82) is 0 Å². The van der Waals surface area contributed by atoms with Crippen molar-refractivity contribution in [2.75, 3.05) is 18.8 Å². The first kappa shape index (κ1) is 15.3. The summed E-state index contributed by atoms with van der Waals surface area (Å²) in [7, 11) is -3.09. The molecule has 0 aromatic rings. The quantitative estimate of drug-likeness (QED) is 0.812. The number of nitrogens with one attached hydrogen (secondary N) is 2. The molecule has 0 aromatic heterocycles. The Kier molecular flexibility index (Phi) is 5.66. The topological polar surface area (TPSA) is 58.2 Å². The smallest absolute Gasteiger partial charge is 0.212 e. The molecule has 1 aliphatic heterocycles. The molecule has 0 spiro atoms. The second-order valence-corrected chi connectivity index (χ2v) is 8.03. The highest BCUT2D eigenvalue weighted by atomic mass is 32.2. The molecular weight excluding hydrogens is 260 g/mol. The highest BCUT2D eigenvalue weighted by molar-refractivity contribution is 7.89. The minimum Gasteiger partial charge on any atom is -0.317 e. The molecule has 2 aliphatic rings.